The average molecular weight is 419 g/mol. The molecule has 0 aliphatic heterocycles. The maximum absolute atomic E-state index is 13.3. The number of hydrogen-bond donors (Lipinski definition) is 0. The van der Waals surface area contributed by atoms with Crippen molar-refractivity contribution in [2.24, 2.45) is 0 Å². The predicted octanol–water partition coefficient (Wildman–Crippen LogP) is 4.80. The minimum atomic E-state index is 0.0390. The van der Waals surface area contributed by atoms with Crippen molar-refractivity contribution in [1.82, 2.24) is 9.38 Å². The number of benzene rings is 2. The molecule has 132 valence electrons. The van der Waals surface area contributed by atoms with Gasteiger partial charge in [0.25, 0.3) is 0 Å². The number of methoxy groups -OCH3 is 1. The molecule has 0 radical (unpaired) electrons. The maximum Gasteiger partial charge on any atom is 0.193 e. The Hall–Kier alpha value is -2.92. The molecule has 5 heteroatoms. The van der Waals surface area contributed by atoms with Gasteiger partial charge in [-0.1, -0.05) is 28.1 Å². The van der Waals surface area contributed by atoms with Gasteiger partial charge in [-0.25, -0.2) is 0 Å². The van der Waals surface area contributed by atoms with Crippen LogP contribution in [0, 0.1) is 0 Å². The molecule has 3 heterocycles. The Morgan fingerprint density at radius 2 is 1.96 bits per heavy atom. The first-order valence-corrected chi connectivity index (χ1v) is 9.40. The highest BCUT2D eigenvalue weighted by Crippen LogP contribution is 2.35. The van der Waals surface area contributed by atoms with Crippen LogP contribution < -0.4 is 10.2 Å². The summed E-state index contributed by atoms with van der Waals surface area (Å²) >= 11 is 3.56. The topological polar surface area (TPSA) is 43.6 Å². The molecule has 27 heavy (non-hydrogen) atoms. The van der Waals surface area contributed by atoms with Gasteiger partial charge < -0.3 is 9.14 Å². The van der Waals surface area contributed by atoms with Gasteiger partial charge in [0.1, 0.15) is 5.75 Å². The Labute approximate surface area is 163 Å². The van der Waals surface area contributed by atoms with Crippen molar-refractivity contribution >= 4 is 43.1 Å². The Morgan fingerprint density at radius 3 is 2.74 bits per heavy atom. The van der Waals surface area contributed by atoms with Gasteiger partial charge in [0.2, 0.25) is 0 Å². The number of nitrogens with zero attached hydrogens (tertiary/aromatic N) is 2. The molecule has 0 spiro atoms. The smallest absolute Gasteiger partial charge is 0.193 e. The Morgan fingerprint density at radius 1 is 1.11 bits per heavy atom. The number of hydrogen-bond acceptors (Lipinski definition) is 3. The summed E-state index contributed by atoms with van der Waals surface area (Å²) < 4.78 is 8.60. The summed E-state index contributed by atoms with van der Waals surface area (Å²) in [5, 5.41) is 2.80. The van der Waals surface area contributed by atoms with Crippen LogP contribution in [0.4, 0.5) is 0 Å². The molecule has 0 aliphatic rings. The van der Waals surface area contributed by atoms with Gasteiger partial charge in [0.15, 0.2) is 5.43 Å². The van der Waals surface area contributed by atoms with Crippen molar-refractivity contribution in [2.45, 2.75) is 6.42 Å². The molecule has 4 nitrogen and oxygen atoms in total. The summed E-state index contributed by atoms with van der Waals surface area (Å²) in [6.07, 6.45) is 6.04. The molecule has 0 fully saturated rings. The normalized spacial score (nSPS) is 11.6. The molecule has 0 saturated carbocycles. The molecule has 0 unspecified atom stereocenters. The van der Waals surface area contributed by atoms with E-state index in [0.717, 1.165) is 37.4 Å². The molecule has 3 aromatic heterocycles. The highest BCUT2D eigenvalue weighted by molar-refractivity contribution is 9.10. The highest BCUT2D eigenvalue weighted by atomic mass is 79.9. The SMILES string of the molecule is COc1cc2c(=O)c(Cc3cccnc3)cn3c4cc(Br)ccc4c(c1)c23. The fourth-order valence-electron chi connectivity index (χ4n) is 3.79. The van der Waals surface area contributed by atoms with E-state index >= 15 is 0 Å². The van der Waals surface area contributed by atoms with Gasteiger partial charge in [0.05, 0.1) is 23.5 Å². The van der Waals surface area contributed by atoms with Gasteiger partial charge >= 0.3 is 0 Å². The third kappa shape index (κ3) is 2.50. The van der Waals surface area contributed by atoms with Gasteiger partial charge in [-0.3, -0.25) is 9.78 Å². The Bertz CT molecular complexity index is 1360. The fraction of sp³-hybridized carbons (Fsp3) is 0.0909. The van der Waals surface area contributed by atoms with Crippen LogP contribution in [0.15, 0.2) is 70.3 Å². The molecule has 5 aromatic rings. The van der Waals surface area contributed by atoms with Crippen molar-refractivity contribution in [3.05, 3.63) is 86.9 Å². The van der Waals surface area contributed by atoms with E-state index in [2.05, 4.69) is 37.4 Å². The average Bonchev–Trinajstić information content (AvgIpc) is 2.99. The Kier molecular flexibility index (Phi) is 3.65. The van der Waals surface area contributed by atoms with Crippen molar-refractivity contribution in [3.63, 3.8) is 0 Å². The third-order valence-corrected chi connectivity index (χ3v) is 5.50. The zero-order valence-corrected chi connectivity index (χ0v) is 16.2. The molecular weight excluding hydrogens is 404 g/mol. The van der Waals surface area contributed by atoms with E-state index in [1.54, 1.807) is 19.5 Å². The molecule has 0 saturated heterocycles. The standard InChI is InChI=1S/C22H15BrN2O2/c1-27-16-9-18-17-5-4-15(23)8-20(17)25-12-14(7-13-3-2-6-24-11-13)22(26)19(10-16)21(18)25/h2-6,8-12H,7H2,1H3. The highest BCUT2D eigenvalue weighted by Gasteiger charge is 2.17. The second-order valence-corrected chi connectivity index (χ2v) is 7.54. The number of pyridine rings is 2. The summed E-state index contributed by atoms with van der Waals surface area (Å²) in [4.78, 5) is 17.4. The number of aromatic nitrogens is 2. The lowest BCUT2D eigenvalue weighted by Crippen LogP contribution is -2.12. The quantitative estimate of drug-likeness (QED) is 0.422. The van der Waals surface area contributed by atoms with Crippen molar-refractivity contribution in [2.75, 3.05) is 7.11 Å². The van der Waals surface area contributed by atoms with E-state index in [1.165, 1.54) is 0 Å². The van der Waals surface area contributed by atoms with E-state index in [1.807, 2.05) is 36.5 Å². The summed E-state index contributed by atoms with van der Waals surface area (Å²) in [6.45, 7) is 0. The lowest BCUT2D eigenvalue weighted by molar-refractivity contribution is 0.416. The lowest BCUT2D eigenvalue weighted by atomic mass is 10.0. The minimum Gasteiger partial charge on any atom is -0.497 e. The van der Waals surface area contributed by atoms with Crippen LogP contribution >= 0.6 is 15.9 Å². The van der Waals surface area contributed by atoms with E-state index < -0.39 is 0 Å². The van der Waals surface area contributed by atoms with Crippen LogP contribution in [0.1, 0.15) is 11.1 Å². The summed E-state index contributed by atoms with van der Waals surface area (Å²) in [6, 6.07) is 13.9. The lowest BCUT2D eigenvalue weighted by Gasteiger charge is -2.08. The molecule has 0 bridgehead atoms. The van der Waals surface area contributed by atoms with Crippen LogP contribution in [-0.2, 0) is 6.42 Å². The van der Waals surface area contributed by atoms with Gasteiger partial charge in [-0.2, -0.15) is 0 Å². The van der Waals surface area contributed by atoms with Gasteiger partial charge in [0, 0.05) is 45.8 Å². The van der Waals surface area contributed by atoms with Crippen LogP contribution in [-0.4, -0.2) is 16.5 Å². The second-order valence-electron chi connectivity index (χ2n) is 6.62. The van der Waals surface area contributed by atoms with E-state index in [4.69, 9.17) is 4.74 Å². The Balaban J connectivity index is 1.91. The number of fused-ring (bicyclic) bond motifs is 3. The van der Waals surface area contributed by atoms with Crippen molar-refractivity contribution in [3.8, 4) is 5.75 Å². The molecule has 5 rings (SSSR count). The second kappa shape index (κ2) is 6.06. The van der Waals surface area contributed by atoms with E-state index in [-0.39, 0.29) is 5.43 Å². The maximum atomic E-state index is 13.3. The zero-order chi connectivity index (χ0) is 18.5. The first kappa shape index (κ1) is 16.3. The van der Waals surface area contributed by atoms with Crippen molar-refractivity contribution in [1.29, 1.82) is 0 Å². The van der Waals surface area contributed by atoms with Gasteiger partial charge in [-0.15, -0.1) is 0 Å². The van der Waals surface area contributed by atoms with Crippen LogP contribution in [0.25, 0.3) is 27.2 Å². The monoisotopic (exact) mass is 418 g/mol. The summed E-state index contributed by atoms with van der Waals surface area (Å²) in [5.74, 6) is 0.690. The molecule has 0 atom stereocenters. The zero-order valence-electron chi connectivity index (χ0n) is 14.6. The van der Waals surface area contributed by atoms with Crippen molar-refractivity contribution < 1.29 is 4.74 Å². The molecule has 0 N–H and O–H groups in total. The van der Waals surface area contributed by atoms with Gasteiger partial charge in [-0.05, 0) is 35.9 Å². The van der Waals surface area contributed by atoms with E-state index in [0.29, 0.717) is 17.6 Å². The largest absolute Gasteiger partial charge is 0.497 e. The molecule has 0 aliphatic carbocycles. The number of ether oxygens (including phenoxy) is 1. The summed E-state index contributed by atoms with van der Waals surface area (Å²) in [7, 11) is 1.63. The molecule has 0 amide bonds. The number of rotatable bonds is 3. The first-order chi connectivity index (χ1) is 13.2. The first-order valence-electron chi connectivity index (χ1n) is 8.61. The van der Waals surface area contributed by atoms with Crippen LogP contribution in [0.2, 0.25) is 0 Å². The molecule has 2 aromatic carbocycles. The van der Waals surface area contributed by atoms with Crippen LogP contribution in [0.5, 0.6) is 5.75 Å². The van der Waals surface area contributed by atoms with E-state index in [9.17, 15) is 4.79 Å². The number of halogens is 1. The summed E-state index contributed by atoms with van der Waals surface area (Å²) in [5.41, 5.74) is 3.78. The predicted molar refractivity (Wildman–Crippen MR) is 111 cm³/mol. The fourth-order valence-corrected chi connectivity index (χ4v) is 4.14. The van der Waals surface area contributed by atoms with Crippen LogP contribution in [0.3, 0.4) is 0 Å². The third-order valence-electron chi connectivity index (χ3n) is 5.01. The molecular formula is C22H15BrN2O2. The minimum absolute atomic E-state index is 0.0390.